The van der Waals surface area contributed by atoms with E-state index < -0.39 is 6.04 Å². The first-order chi connectivity index (χ1) is 8.50. The van der Waals surface area contributed by atoms with E-state index in [0.29, 0.717) is 24.8 Å². The van der Waals surface area contributed by atoms with Crippen molar-refractivity contribution in [2.45, 2.75) is 33.2 Å². The molecular formula is C15H24N2O. The van der Waals surface area contributed by atoms with Crippen molar-refractivity contribution >= 4 is 5.91 Å². The van der Waals surface area contributed by atoms with Crippen LogP contribution in [0, 0.1) is 11.8 Å². The first kappa shape index (κ1) is 14.7. The first-order valence-electron chi connectivity index (χ1n) is 6.58. The lowest BCUT2D eigenvalue weighted by atomic mass is 9.98. The van der Waals surface area contributed by atoms with Gasteiger partial charge in [0.2, 0.25) is 5.91 Å². The van der Waals surface area contributed by atoms with Gasteiger partial charge in [-0.25, -0.2) is 0 Å². The second-order valence-electron chi connectivity index (χ2n) is 5.26. The predicted molar refractivity (Wildman–Crippen MR) is 75.1 cm³/mol. The minimum Gasteiger partial charge on any atom is -0.354 e. The van der Waals surface area contributed by atoms with Gasteiger partial charge < -0.3 is 11.1 Å². The van der Waals surface area contributed by atoms with Gasteiger partial charge >= 0.3 is 0 Å². The molecular weight excluding hydrogens is 224 g/mol. The zero-order valence-corrected chi connectivity index (χ0v) is 11.5. The van der Waals surface area contributed by atoms with E-state index in [2.05, 4.69) is 26.1 Å². The van der Waals surface area contributed by atoms with Crippen LogP contribution in [0.2, 0.25) is 0 Å². The molecule has 2 atom stereocenters. The molecule has 0 aliphatic heterocycles. The molecule has 1 aromatic rings. The third kappa shape index (κ3) is 4.88. The highest BCUT2D eigenvalue weighted by Gasteiger charge is 2.15. The third-order valence-electron chi connectivity index (χ3n) is 3.37. The van der Waals surface area contributed by atoms with E-state index in [1.807, 2.05) is 30.3 Å². The lowest BCUT2D eigenvalue weighted by Gasteiger charge is -2.18. The highest BCUT2D eigenvalue weighted by atomic mass is 16.2. The Morgan fingerprint density at radius 3 is 2.39 bits per heavy atom. The highest BCUT2D eigenvalue weighted by Crippen LogP contribution is 2.08. The Balaban J connectivity index is 2.38. The van der Waals surface area contributed by atoms with Crippen LogP contribution in [-0.2, 0) is 11.2 Å². The van der Waals surface area contributed by atoms with E-state index in [1.54, 1.807) is 0 Å². The summed E-state index contributed by atoms with van der Waals surface area (Å²) in [5, 5.41) is 2.92. The maximum atomic E-state index is 11.8. The minimum absolute atomic E-state index is 0.0636. The quantitative estimate of drug-likeness (QED) is 0.808. The number of amides is 1. The van der Waals surface area contributed by atoms with Crippen LogP contribution in [0.15, 0.2) is 30.3 Å². The Bertz CT molecular complexity index is 362. The van der Waals surface area contributed by atoms with Gasteiger partial charge in [-0.15, -0.1) is 0 Å². The second kappa shape index (κ2) is 7.17. The van der Waals surface area contributed by atoms with E-state index in [1.165, 1.54) is 0 Å². The van der Waals surface area contributed by atoms with Gasteiger partial charge in [0.1, 0.15) is 0 Å². The van der Waals surface area contributed by atoms with Gasteiger partial charge in [0, 0.05) is 6.54 Å². The van der Waals surface area contributed by atoms with Gasteiger partial charge in [0.15, 0.2) is 0 Å². The summed E-state index contributed by atoms with van der Waals surface area (Å²) in [7, 11) is 0. The number of benzene rings is 1. The number of carbonyl (C=O) groups excluding carboxylic acids is 1. The van der Waals surface area contributed by atoms with Crippen molar-refractivity contribution in [2.24, 2.45) is 17.6 Å². The molecule has 0 heterocycles. The maximum absolute atomic E-state index is 11.8. The molecule has 100 valence electrons. The Kier molecular flexibility index (Phi) is 5.86. The fraction of sp³-hybridized carbons (Fsp3) is 0.533. The standard InChI is InChI=1S/C15H24N2O/c1-11(2)12(3)10-17-15(18)14(16)9-13-7-5-4-6-8-13/h4-8,11-12,14H,9-10,16H2,1-3H3,(H,17,18)/t12?,14-/m0/s1. The average molecular weight is 248 g/mol. The van der Waals surface area contributed by atoms with E-state index in [0.717, 1.165) is 5.56 Å². The molecule has 0 aliphatic rings. The molecule has 3 N–H and O–H groups in total. The summed E-state index contributed by atoms with van der Waals surface area (Å²) in [4.78, 5) is 11.8. The number of nitrogens with two attached hydrogens (primary N) is 1. The number of carbonyl (C=O) groups is 1. The molecule has 0 saturated heterocycles. The normalized spacial score (nSPS) is 14.3. The molecule has 1 rings (SSSR count). The summed E-state index contributed by atoms with van der Waals surface area (Å²) in [6, 6.07) is 9.39. The molecule has 0 saturated carbocycles. The Hall–Kier alpha value is -1.35. The Morgan fingerprint density at radius 2 is 1.83 bits per heavy atom. The van der Waals surface area contributed by atoms with Gasteiger partial charge in [0.05, 0.1) is 6.04 Å². The maximum Gasteiger partial charge on any atom is 0.237 e. The van der Waals surface area contributed by atoms with Gasteiger partial charge in [0.25, 0.3) is 0 Å². The van der Waals surface area contributed by atoms with E-state index in [-0.39, 0.29) is 5.91 Å². The third-order valence-corrected chi connectivity index (χ3v) is 3.37. The minimum atomic E-state index is -0.466. The molecule has 3 heteroatoms. The van der Waals surface area contributed by atoms with Crippen LogP contribution in [0.5, 0.6) is 0 Å². The van der Waals surface area contributed by atoms with E-state index >= 15 is 0 Å². The van der Waals surface area contributed by atoms with Crippen LogP contribution in [-0.4, -0.2) is 18.5 Å². The Morgan fingerprint density at radius 1 is 1.22 bits per heavy atom. The molecule has 3 nitrogen and oxygen atoms in total. The average Bonchev–Trinajstić information content (AvgIpc) is 2.36. The van der Waals surface area contributed by atoms with Gasteiger partial charge in [-0.1, -0.05) is 51.1 Å². The van der Waals surface area contributed by atoms with Crippen LogP contribution in [0.3, 0.4) is 0 Å². The number of hydrogen-bond acceptors (Lipinski definition) is 2. The van der Waals surface area contributed by atoms with Crippen molar-refractivity contribution in [2.75, 3.05) is 6.54 Å². The molecule has 0 spiro atoms. The number of rotatable bonds is 6. The van der Waals surface area contributed by atoms with E-state index in [9.17, 15) is 4.79 Å². The van der Waals surface area contributed by atoms with Crippen molar-refractivity contribution in [1.82, 2.24) is 5.32 Å². The molecule has 1 aromatic carbocycles. The molecule has 1 unspecified atom stereocenters. The molecule has 0 fully saturated rings. The summed E-state index contributed by atoms with van der Waals surface area (Å²) >= 11 is 0. The highest BCUT2D eigenvalue weighted by molar-refractivity contribution is 5.81. The van der Waals surface area contributed by atoms with Crippen LogP contribution in [0.4, 0.5) is 0 Å². The molecule has 0 radical (unpaired) electrons. The second-order valence-corrected chi connectivity index (χ2v) is 5.26. The molecule has 18 heavy (non-hydrogen) atoms. The fourth-order valence-electron chi connectivity index (χ4n) is 1.59. The summed E-state index contributed by atoms with van der Waals surface area (Å²) in [6.07, 6.45) is 0.586. The van der Waals surface area contributed by atoms with Crippen molar-refractivity contribution in [3.8, 4) is 0 Å². The molecule has 0 aromatic heterocycles. The number of nitrogens with one attached hydrogen (secondary N) is 1. The largest absolute Gasteiger partial charge is 0.354 e. The zero-order chi connectivity index (χ0) is 13.5. The van der Waals surface area contributed by atoms with Crippen LogP contribution in [0.1, 0.15) is 26.3 Å². The molecule has 0 bridgehead atoms. The predicted octanol–water partition coefficient (Wildman–Crippen LogP) is 1.96. The summed E-state index contributed by atoms with van der Waals surface area (Å²) in [5.74, 6) is 0.972. The zero-order valence-electron chi connectivity index (χ0n) is 11.5. The van der Waals surface area contributed by atoms with Crippen molar-refractivity contribution in [3.63, 3.8) is 0 Å². The van der Waals surface area contributed by atoms with E-state index in [4.69, 9.17) is 5.73 Å². The molecule has 0 aliphatic carbocycles. The topological polar surface area (TPSA) is 55.1 Å². The van der Waals surface area contributed by atoms with Gasteiger partial charge in [-0.3, -0.25) is 4.79 Å². The lowest BCUT2D eigenvalue weighted by molar-refractivity contribution is -0.122. The summed E-state index contributed by atoms with van der Waals surface area (Å²) in [5.41, 5.74) is 6.99. The summed E-state index contributed by atoms with van der Waals surface area (Å²) in [6.45, 7) is 7.13. The SMILES string of the molecule is CC(C)C(C)CNC(=O)[C@@H](N)Cc1ccccc1. The van der Waals surface area contributed by atoms with Gasteiger partial charge in [-0.2, -0.15) is 0 Å². The summed E-state index contributed by atoms with van der Waals surface area (Å²) < 4.78 is 0. The smallest absolute Gasteiger partial charge is 0.237 e. The number of hydrogen-bond donors (Lipinski definition) is 2. The van der Waals surface area contributed by atoms with Crippen molar-refractivity contribution in [3.05, 3.63) is 35.9 Å². The van der Waals surface area contributed by atoms with Gasteiger partial charge in [-0.05, 0) is 23.8 Å². The Labute approximate surface area is 110 Å². The molecule has 1 amide bonds. The fourth-order valence-corrected chi connectivity index (χ4v) is 1.59. The van der Waals surface area contributed by atoms with Crippen molar-refractivity contribution < 1.29 is 4.79 Å². The van der Waals surface area contributed by atoms with Crippen LogP contribution in [0.25, 0.3) is 0 Å². The monoisotopic (exact) mass is 248 g/mol. The van der Waals surface area contributed by atoms with Crippen LogP contribution < -0.4 is 11.1 Å². The van der Waals surface area contributed by atoms with Crippen molar-refractivity contribution in [1.29, 1.82) is 0 Å². The first-order valence-corrected chi connectivity index (χ1v) is 6.58. The van der Waals surface area contributed by atoms with Crippen LogP contribution >= 0.6 is 0 Å². The lowest BCUT2D eigenvalue weighted by Crippen LogP contribution is -2.43.